The van der Waals surface area contributed by atoms with Gasteiger partial charge in [0.2, 0.25) is 0 Å². The number of phenolic OH excluding ortho intramolecular Hbond substituents is 1. The first kappa shape index (κ1) is 16.8. The van der Waals surface area contributed by atoms with Crippen molar-refractivity contribution >= 4 is 11.9 Å². The molecule has 6 nitrogen and oxygen atoms in total. The van der Waals surface area contributed by atoms with Crippen molar-refractivity contribution in [1.29, 1.82) is 0 Å². The largest absolute Gasteiger partial charge is 0.508 e. The minimum Gasteiger partial charge on any atom is -0.508 e. The number of hydrogen-bond donors (Lipinski definition) is 1. The summed E-state index contributed by atoms with van der Waals surface area (Å²) in [4.78, 5) is 28.1. The Morgan fingerprint density at radius 1 is 1.22 bits per heavy atom. The molecule has 23 heavy (non-hydrogen) atoms. The van der Waals surface area contributed by atoms with Crippen LogP contribution in [0.3, 0.4) is 0 Å². The van der Waals surface area contributed by atoms with Gasteiger partial charge in [-0.3, -0.25) is 9.69 Å². The molecular formula is C17H20N2O4. The number of methoxy groups -OCH3 is 1. The van der Waals surface area contributed by atoms with Crippen molar-refractivity contribution in [2.45, 2.75) is 6.42 Å². The number of phenols is 1. The van der Waals surface area contributed by atoms with Crippen molar-refractivity contribution in [3.8, 4) is 18.1 Å². The summed E-state index contributed by atoms with van der Waals surface area (Å²) in [5, 5.41) is 9.72. The Kier molecular flexibility index (Phi) is 5.61. The van der Waals surface area contributed by atoms with Crippen molar-refractivity contribution in [2.24, 2.45) is 0 Å². The maximum absolute atomic E-state index is 12.5. The van der Waals surface area contributed by atoms with Gasteiger partial charge in [-0.1, -0.05) is 0 Å². The van der Waals surface area contributed by atoms with Crippen LogP contribution in [0.2, 0.25) is 0 Å². The van der Waals surface area contributed by atoms with E-state index in [2.05, 4.69) is 15.6 Å². The Hall–Kier alpha value is -2.52. The number of amides is 1. The number of ether oxygens (including phenoxy) is 1. The SMILES string of the molecule is C#CCCN1CCN(C(=O)c2cc(O)cc(C(=O)OC)c2)CC1. The highest BCUT2D eigenvalue weighted by Crippen LogP contribution is 2.19. The van der Waals surface area contributed by atoms with Crippen LogP contribution in [0.25, 0.3) is 0 Å². The Bertz CT molecular complexity index is 628. The molecule has 0 radical (unpaired) electrons. The number of benzene rings is 1. The molecular weight excluding hydrogens is 296 g/mol. The highest BCUT2D eigenvalue weighted by atomic mass is 16.5. The lowest BCUT2D eigenvalue weighted by Crippen LogP contribution is -2.48. The topological polar surface area (TPSA) is 70.1 Å². The maximum Gasteiger partial charge on any atom is 0.338 e. The van der Waals surface area contributed by atoms with Crippen LogP contribution in [0.4, 0.5) is 0 Å². The predicted octanol–water partition coefficient (Wildman–Crippen LogP) is 0.960. The number of hydrogen-bond acceptors (Lipinski definition) is 5. The van der Waals surface area contributed by atoms with Crippen LogP contribution < -0.4 is 0 Å². The zero-order chi connectivity index (χ0) is 16.8. The predicted molar refractivity (Wildman–Crippen MR) is 85.2 cm³/mol. The minimum atomic E-state index is -0.589. The summed E-state index contributed by atoms with van der Waals surface area (Å²) in [5.74, 6) is 1.68. The first-order valence-corrected chi connectivity index (χ1v) is 7.42. The number of carbonyl (C=O) groups excluding carboxylic acids is 2. The molecule has 122 valence electrons. The second-order valence-corrected chi connectivity index (χ2v) is 5.35. The molecule has 1 aromatic rings. The second-order valence-electron chi connectivity index (χ2n) is 5.35. The summed E-state index contributed by atoms with van der Waals surface area (Å²) in [6.45, 7) is 3.53. The van der Waals surface area contributed by atoms with Crippen LogP contribution in [-0.4, -0.2) is 66.6 Å². The smallest absolute Gasteiger partial charge is 0.338 e. The standard InChI is InChI=1S/C17H20N2O4/c1-3-4-5-18-6-8-19(9-7-18)16(21)13-10-14(17(22)23-2)12-15(20)11-13/h1,10-12,20H,4-9H2,2H3. The molecule has 0 spiro atoms. The third-order valence-corrected chi connectivity index (χ3v) is 3.82. The van der Waals surface area contributed by atoms with Crippen molar-refractivity contribution in [2.75, 3.05) is 39.8 Å². The molecule has 1 saturated heterocycles. The fourth-order valence-electron chi connectivity index (χ4n) is 2.55. The van der Waals surface area contributed by atoms with Crippen molar-refractivity contribution < 1.29 is 19.4 Å². The van der Waals surface area contributed by atoms with Gasteiger partial charge in [0.05, 0.1) is 12.7 Å². The molecule has 1 heterocycles. The van der Waals surface area contributed by atoms with Gasteiger partial charge in [-0.05, 0) is 18.2 Å². The quantitative estimate of drug-likeness (QED) is 0.662. The lowest BCUT2D eigenvalue weighted by Gasteiger charge is -2.34. The molecule has 0 atom stereocenters. The molecule has 1 amide bonds. The normalized spacial score (nSPS) is 15.0. The zero-order valence-electron chi connectivity index (χ0n) is 13.1. The van der Waals surface area contributed by atoms with Gasteiger partial charge >= 0.3 is 5.97 Å². The summed E-state index contributed by atoms with van der Waals surface area (Å²) >= 11 is 0. The van der Waals surface area contributed by atoms with Crippen LogP contribution in [0, 0.1) is 12.3 Å². The summed E-state index contributed by atoms with van der Waals surface area (Å²) in [5.41, 5.74) is 0.436. The van der Waals surface area contributed by atoms with E-state index in [4.69, 9.17) is 6.42 Å². The van der Waals surface area contributed by atoms with Gasteiger partial charge in [0, 0.05) is 44.7 Å². The maximum atomic E-state index is 12.5. The van der Waals surface area contributed by atoms with E-state index in [-0.39, 0.29) is 22.8 Å². The van der Waals surface area contributed by atoms with Gasteiger partial charge in [0.1, 0.15) is 5.75 Å². The summed E-state index contributed by atoms with van der Waals surface area (Å²) in [6, 6.07) is 4.08. The molecule has 1 fully saturated rings. The molecule has 1 aliphatic rings. The first-order chi connectivity index (χ1) is 11.0. The second kappa shape index (κ2) is 7.65. The highest BCUT2D eigenvalue weighted by Gasteiger charge is 2.23. The van der Waals surface area contributed by atoms with E-state index in [0.29, 0.717) is 19.5 Å². The number of esters is 1. The van der Waals surface area contributed by atoms with E-state index in [1.807, 2.05) is 0 Å². The third-order valence-electron chi connectivity index (χ3n) is 3.82. The lowest BCUT2D eigenvalue weighted by atomic mass is 10.1. The number of terminal acetylenes is 1. The Morgan fingerprint density at radius 2 is 1.87 bits per heavy atom. The van der Waals surface area contributed by atoms with E-state index < -0.39 is 5.97 Å². The number of piperazine rings is 1. The van der Waals surface area contributed by atoms with E-state index in [0.717, 1.165) is 19.6 Å². The highest BCUT2D eigenvalue weighted by molar-refractivity contribution is 5.98. The monoisotopic (exact) mass is 316 g/mol. The van der Waals surface area contributed by atoms with E-state index in [1.54, 1.807) is 4.90 Å². The van der Waals surface area contributed by atoms with Gasteiger partial charge < -0.3 is 14.7 Å². The van der Waals surface area contributed by atoms with E-state index in [1.165, 1.54) is 25.3 Å². The summed E-state index contributed by atoms with van der Waals surface area (Å²) in [7, 11) is 1.25. The third kappa shape index (κ3) is 4.24. The Labute approximate surface area is 135 Å². The summed E-state index contributed by atoms with van der Waals surface area (Å²) in [6.07, 6.45) is 5.96. The Balaban J connectivity index is 2.05. The van der Waals surface area contributed by atoms with Crippen LogP contribution in [0.5, 0.6) is 5.75 Å². The molecule has 6 heteroatoms. The molecule has 1 N–H and O–H groups in total. The fourth-order valence-corrected chi connectivity index (χ4v) is 2.55. The molecule has 1 aliphatic heterocycles. The van der Waals surface area contributed by atoms with Gasteiger partial charge in [-0.15, -0.1) is 12.3 Å². The van der Waals surface area contributed by atoms with Gasteiger partial charge in [-0.2, -0.15) is 0 Å². The molecule has 1 aromatic carbocycles. The molecule has 0 unspecified atom stereocenters. The summed E-state index contributed by atoms with van der Waals surface area (Å²) < 4.78 is 4.63. The Morgan fingerprint density at radius 3 is 2.48 bits per heavy atom. The van der Waals surface area contributed by atoms with Crippen molar-refractivity contribution in [3.05, 3.63) is 29.3 Å². The average Bonchev–Trinajstić information content (AvgIpc) is 2.58. The van der Waals surface area contributed by atoms with Crippen LogP contribution in [-0.2, 0) is 4.74 Å². The van der Waals surface area contributed by atoms with Crippen molar-refractivity contribution in [3.63, 3.8) is 0 Å². The van der Waals surface area contributed by atoms with Gasteiger partial charge in [0.25, 0.3) is 5.91 Å². The molecule has 0 bridgehead atoms. The zero-order valence-corrected chi connectivity index (χ0v) is 13.1. The minimum absolute atomic E-state index is 0.135. The van der Waals surface area contributed by atoms with E-state index in [9.17, 15) is 14.7 Å². The lowest BCUT2D eigenvalue weighted by molar-refractivity contribution is 0.0600. The number of nitrogens with zero attached hydrogens (tertiary/aromatic N) is 2. The number of rotatable bonds is 4. The van der Waals surface area contributed by atoms with Gasteiger partial charge in [0.15, 0.2) is 0 Å². The molecule has 0 aliphatic carbocycles. The number of carbonyl (C=O) groups is 2. The van der Waals surface area contributed by atoms with Gasteiger partial charge in [-0.25, -0.2) is 4.79 Å². The van der Waals surface area contributed by atoms with Crippen LogP contribution in [0.1, 0.15) is 27.1 Å². The number of aromatic hydroxyl groups is 1. The average molecular weight is 316 g/mol. The van der Waals surface area contributed by atoms with Crippen LogP contribution >= 0.6 is 0 Å². The van der Waals surface area contributed by atoms with Crippen molar-refractivity contribution in [1.82, 2.24) is 9.80 Å². The molecule has 0 aromatic heterocycles. The molecule has 0 saturated carbocycles. The van der Waals surface area contributed by atoms with Crippen LogP contribution in [0.15, 0.2) is 18.2 Å². The fraction of sp³-hybridized carbons (Fsp3) is 0.412. The molecule has 2 rings (SSSR count). The first-order valence-electron chi connectivity index (χ1n) is 7.42. The van der Waals surface area contributed by atoms with E-state index >= 15 is 0 Å².